The summed E-state index contributed by atoms with van der Waals surface area (Å²) in [6.07, 6.45) is -2.49. The molecule has 138 valence electrons. The van der Waals surface area contributed by atoms with Crippen LogP contribution in [0.25, 0.3) is 0 Å². The van der Waals surface area contributed by atoms with Crippen LogP contribution >= 0.6 is 0 Å². The number of pyridine rings is 1. The number of hydrogen-bond donors (Lipinski definition) is 2. The van der Waals surface area contributed by atoms with Crippen LogP contribution in [-0.4, -0.2) is 38.3 Å². The van der Waals surface area contributed by atoms with Gasteiger partial charge in [-0.2, -0.15) is 13.2 Å². The molecule has 0 aromatic carbocycles. The lowest BCUT2D eigenvalue weighted by Gasteiger charge is -2.23. The van der Waals surface area contributed by atoms with Gasteiger partial charge in [0, 0.05) is 17.7 Å². The minimum absolute atomic E-state index is 0.113. The number of ether oxygens (including phenoxy) is 1. The normalized spacial score (nSPS) is 35.9. The minimum atomic E-state index is -4.72. The number of hydrogen-bond acceptors (Lipinski definition) is 5. The molecule has 1 aromatic heterocycles. The number of alkyl halides is 3. The molecule has 2 N–H and O–H groups in total. The van der Waals surface area contributed by atoms with Gasteiger partial charge in [0.2, 0.25) is 15.9 Å². The maximum atomic E-state index is 12.9. The quantitative estimate of drug-likeness (QED) is 0.809. The highest BCUT2D eigenvalue weighted by molar-refractivity contribution is 7.89. The third-order valence-corrected chi connectivity index (χ3v) is 7.54. The number of aliphatic hydroxyl groups is 1. The summed E-state index contributed by atoms with van der Waals surface area (Å²) >= 11 is 0. The Balaban J connectivity index is 1.69. The average Bonchev–Trinajstić information content (AvgIpc) is 2.88. The van der Waals surface area contributed by atoms with E-state index in [1.807, 2.05) is 0 Å². The monoisotopic (exact) mass is 378 g/mol. The number of methoxy groups -OCH3 is 1. The maximum Gasteiger partial charge on any atom is 0.417 e. The fourth-order valence-corrected chi connectivity index (χ4v) is 6.54. The molecule has 4 saturated carbocycles. The molecule has 4 fully saturated rings. The van der Waals surface area contributed by atoms with E-state index in [9.17, 15) is 26.7 Å². The largest absolute Gasteiger partial charge is 0.480 e. The average molecular weight is 378 g/mol. The van der Waals surface area contributed by atoms with Gasteiger partial charge in [-0.3, -0.25) is 0 Å². The first-order valence-corrected chi connectivity index (χ1v) is 9.38. The predicted octanol–water partition coefficient (Wildman–Crippen LogP) is 1.40. The standard InChI is InChI=1S/C15H17F3N2O4S/c1-24-13-11(4-8(5-19-13)15(16,17)18)25(22,23)20-12-7-2-9-10(3-7)14(9,12)6-21/h4-5,7,9-10,12,20-21H,2-3,6H2,1H3. The third-order valence-electron chi connectivity index (χ3n) is 6.11. The Hall–Kier alpha value is -1.39. The first-order chi connectivity index (χ1) is 11.6. The van der Waals surface area contributed by atoms with Crippen molar-refractivity contribution in [1.29, 1.82) is 0 Å². The first-order valence-electron chi connectivity index (χ1n) is 7.89. The molecule has 6 nitrogen and oxygen atoms in total. The van der Waals surface area contributed by atoms with Crippen LogP contribution in [-0.2, 0) is 16.2 Å². The van der Waals surface area contributed by atoms with E-state index < -0.39 is 44.0 Å². The molecule has 3 atom stereocenters. The fourth-order valence-electron chi connectivity index (χ4n) is 5.02. The lowest BCUT2D eigenvalue weighted by Crippen LogP contribution is -2.43. The van der Waals surface area contributed by atoms with Gasteiger partial charge in [-0.15, -0.1) is 0 Å². The second-order valence-corrected chi connectivity index (χ2v) is 8.73. The van der Waals surface area contributed by atoms with Gasteiger partial charge in [-0.25, -0.2) is 18.1 Å². The highest BCUT2D eigenvalue weighted by Gasteiger charge is 2.79. The Labute approximate surface area is 142 Å². The Bertz CT molecular complexity index is 815. The van der Waals surface area contributed by atoms with Gasteiger partial charge in [-0.1, -0.05) is 0 Å². The van der Waals surface area contributed by atoms with E-state index in [-0.39, 0.29) is 12.5 Å². The molecule has 0 saturated heterocycles. The van der Waals surface area contributed by atoms with Crippen molar-refractivity contribution in [3.05, 3.63) is 17.8 Å². The van der Waals surface area contributed by atoms with Crippen molar-refractivity contribution in [3.63, 3.8) is 0 Å². The van der Waals surface area contributed by atoms with E-state index in [2.05, 4.69) is 9.71 Å². The Morgan fingerprint density at radius 1 is 1.40 bits per heavy atom. The smallest absolute Gasteiger partial charge is 0.417 e. The number of rotatable bonds is 5. The molecule has 4 bridgehead atoms. The van der Waals surface area contributed by atoms with Crippen LogP contribution in [0.3, 0.4) is 0 Å². The van der Waals surface area contributed by atoms with Crippen molar-refractivity contribution < 1.29 is 31.4 Å². The van der Waals surface area contributed by atoms with E-state index >= 15 is 0 Å². The number of nitrogens with one attached hydrogen (secondary N) is 1. The molecule has 4 aliphatic rings. The number of aliphatic hydroxyl groups excluding tert-OH is 1. The minimum Gasteiger partial charge on any atom is -0.480 e. The van der Waals surface area contributed by atoms with Crippen molar-refractivity contribution in [2.75, 3.05) is 13.7 Å². The van der Waals surface area contributed by atoms with Gasteiger partial charge in [0.05, 0.1) is 19.3 Å². The Kier molecular flexibility index (Phi) is 3.46. The van der Waals surface area contributed by atoms with Gasteiger partial charge >= 0.3 is 6.18 Å². The molecule has 0 spiro atoms. The Morgan fingerprint density at radius 3 is 2.56 bits per heavy atom. The molecule has 0 radical (unpaired) electrons. The number of halogens is 3. The molecule has 0 aliphatic heterocycles. The zero-order chi connectivity index (χ0) is 18.2. The van der Waals surface area contributed by atoms with Crippen LogP contribution in [0.2, 0.25) is 0 Å². The van der Waals surface area contributed by atoms with Gasteiger partial charge in [0.1, 0.15) is 4.90 Å². The summed E-state index contributed by atoms with van der Waals surface area (Å²) < 4.78 is 71.6. The summed E-state index contributed by atoms with van der Waals surface area (Å²) in [7, 11) is -3.13. The van der Waals surface area contributed by atoms with E-state index in [4.69, 9.17) is 4.74 Å². The molecule has 1 aromatic rings. The van der Waals surface area contributed by atoms with E-state index in [0.717, 1.165) is 20.0 Å². The molecule has 10 heteroatoms. The van der Waals surface area contributed by atoms with Crippen LogP contribution < -0.4 is 9.46 Å². The lowest BCUT2D eigenvalue weighted by molar-refractivity contribution is -0.138. The van der Waals surface area contributed by atoms with Crippen LogP contribution in [0.1, 0.15) is 18.4 Å². The summed E-state index contributed by atoms with van der Waals surface area (Å²) in [5, 5.41) is 9.73. The molecule has 3 unspecified atom stereocenters. The number of sulfonamides is 1. The SMILES string of the molecule is COc1ncc(C(F)(F)F)cc1S(=O)(=O)NC1C2CC3C(C2)C31CO. The van der Waals surface area contributed by atoms with Crippen molar-refractivity contribution in [2.45, 2.75) is 30.0 Å². The lowest BCUT2D eigenvalue weighted by atomic mass is 10.00. The highest BCUT2D eigenvalue weighted by atomic mass is 32.2. The molecule has 1 heterocycles. The first kappa shape index (κ1) is 17.0. The zero-order valence-electron chi connectivity index (χ0n) is 13.2. The van der Waals surface area contributed by atoms with Gasteiger partial charge in [0.25, 0.3) is 0 Å². The van der Waals surface area contributed by atoms with Crippen molar-refractivity contribution >= 4 is 10.0 Å². The molecular weight excluding hydrogens is 361 g/mol. The second-order valence-electron chi connectivity index (χ2n) is 7.04. The van der Waals surface area contributed by atoms with Gasteiger partial charge in [0.15, 0.2) is 0 Å². The molecule has 5 rings (SSSR count). The van der Waals surface area contributed by atoms with Crippen LogP contribution in [0.5, 0.6) is 5.88 Å². The third kappa shape index (κ3) is 2.23. The van der Waals surface area contributed by atoms with E-state index in [0.29, 0.717) is 24.1 Å². The summed E-state index contributed by atoms with van der Waals surface area (Å²) in [4.78, 5) is 2.85. The summed E-state index contributed by atoms with van der Waals surface area (Å²) in [5.74, 6) is 0.325. The molecule has 25 heavy (non-hydrogen) atoms. The van der Waals surface area contributed by atoms with Crippen LogP contribution in [0.4, 0.5) is 13.2 Å². The zero-order valence-corrected chi connectivity index (χ0v) is 14.1. The summed E-state index contributed by atoms with van der Waals surface area (Å²) in [6, 6.07) is 0.0699. The van der Waals surface area contributed by atoms with Crippen molar-refractivity contribution in [2.24, 2.45) is 23.2 Å². The van der Waals surface area contributed by atoms with E-state index in [1.54, 1.807) is 0 Å². The Morgan fingerprint density at radius 2 is 2.04 bits per heavy atom. The highest BCUT2D eigenvalue weighted by Crippen LogP contribution is 2.78. The predicted molar refractivity (Wildman–Crippen MR) is 79.1 cm³/mol. The number of aromatic nitrogens is 1. The maximum absolute atomic E-state index is 12.9. The molecular formula is C15H17F3N2O4S. The number of nitrogens with zero attached hydrogens (tertiary/aromatic N) is 1. The van der Waals surface area contributed by atoms with Crippen LogP contribution in [0, 0.1) is 23.2 Å². The van der Waals surface area contributed by atoms with E-state index in [1.165, 1.54) is 0 Å². The topological polar surface area (TPSA) is 88.5 Å². The van der Waals surface area contributed by atoms with Gasteiger partial charge < -0.3 is 9.84 Å². The second kappa shape index (κ2) is 5.08. The molecule has 4 aliphatic carbocycles. The summed E-state index contributed by atoms with van der Waals surface area (Å²) in [6.45, 7) is -0.121. The fraction of sp³-hybridized carbons (Fsp3) is 0.667. The van der Waals surface area contributed by atoms with Crippen molar-refractivity contribution in [3.8, 4) is 5.88 Å². The van der Waals surface area contributed by atoms with Crippen molar-refractivity contribution in [1.82, 2.24) is 9.71 Å². The van der Waals surface area contributed by atoms with Gasteiger partial charge in [-0.05, 0) is 36.7 Å². The molecule has 0 amide bonds. The van der Waals surface area contributed by atoms with Crippen LogP contribution in [0.15, 0.2) is 17.2 Å². The summed E-state index contributed by atoms with van der Waals surface area (Å²) in [5.41, 5.74) is -1.62.